The minimum absolute atomic E-state index is 0. The van der Waals surface area contributed by atoms with E-state index in [0.717, 1.165) is 86.1 Å². The number of hydrogen-bond donors (Lipinski definition) is 0. The van der Waals surface area contributed by atoms with E-state index in [4.69, 9.17) is 0 Å². The largest absolute Gasteiger partial charge is 2.00 e. The summed E-state index contributed by atoms with van der Waals surface area (Å²) in [7, 11) is -9.00. The van der Waals surface area contributed by atoms with Gasteiger partial charge in [0, 0.05) is 10.8 Å². The van der Waals surface area contributed by atoms with E-state index in [9.17, 15) is 25.9 Å². The van der Waals surface area contributed by atoms with Crippen LogP contribution in [0.5, 0.6) is 0 Å². The van der Waals surface area contributed by atoms with Crippen molar-refractivity contribution in [3.63, 3.8) is 0 Å². The molecule has 0 aliphatic carbocycles. The Kier molecular flexibility index (Phi) is 31.8. The smallest absolute Gasteiger partial charge is 0.744 e. The van der Waals surface area contributed by atoms with Gasteiger partial charge < -0.3 is 9.11 Å². The van der Waals surface area contributed by atoms with E-state index >= 15 is 0 Å². The third-order valence-electron chi connectivity index (χ3n) is 13.1. The molecule has 0 radical (unpaired) electrons. The molecule has 0 amide bonds. The minimum atomic E-state index is -4.50. The molecule has 9 heteroatoms. The molecule has 4 aromatic rings. The number of aryl methyl sites for hydroxylation is 4. The third kappa shape index (κ3) is 22.6. The zero-order chi connectivity index (χ0) is 46.5. The normalized spacial score (nSPS) is 11.8. The Balaban J connectivity index is 0.000000440. The first-order chi connectivity index (χ1) is 31.0. The van der Waals surface area contributed by atoms with Crippen LogP contribution < -0.4 is 0 Å². The molecular formula is C56H86CaO6S2. The van der Waals surface area contributed by atoms with Gasteiger partial charge in [-0.25, -0.2) is 16.8 Å². The van der Waals surface area contributed by atoms with Crippen LogP contribution in [0.2, 0.25) is 0 Å². The second-order valence-electron chi connectivity index (χ2n) is 18.5. The summed E-state index contributed by atoms with van der Waals surface area (Å²) in [6.45, 7) is 8.94. The molecule has 0 aliphatic rings. The molecule has 0 saturated heterocycles. The van der Waals surface area contributed by atoms with Crippen molar-refractivity contribution in [1.82, 2.24) is 0 Å². The summed E-state index contributed by atoms with van der Waals surface area (Å²) in [5, 5.41) is 3.08. The van der Waals surface area contributed by atoms with Crippen molar-refractivity contribution in [3.05, 3.63) is 82.9 Å². The second-order valence-corrected chi connectivity index (χ2v) is 21.2. The van der Waals surface area contributed by atoms with Crippen LogP contribution in [0.1, 0.15) is 230 Å². The van der Waals surface area contributed by atoms with E-state index in [1.165, 1.54) is 165 Å². The maximum atomic E-state index is 12.0. The van der Waals surface area contributed by atoms with Crippen LogP contribution in [0.4, 0.5) is 0 Å². The Morgan fingerprint density at radius 3 is 0.877 bits per heavy atom. The maximum Gasteiger partial charge on any atom is 2.00 e. The summed E-state index contributed by atoms with van der Waals surface area (Å²) in [4.78, 5) is -0.0938. The average Bonchev–Trinajstić information content (AvgIpc) is 3.27. The molecule has 360 valence electrons. The zero-order valence-corrected chi connectivity index (χ0v) is 45.2. The molecule has 0 spiro atoms. The number of fused-ring (bicyclic) bond motifs is 2. The van der Waals surface area contributed by atoms with E-state index in [2.05, 4.69) is 39.8 Å². The van der Waals surface area contributed by atoms with Crippen LogP contribution in [0.3, 0.4) is 0 Å². The van der Waals surface area contributed by atoms with Crippen molar-refractivity contribution < 1.29 is 25.9 Å². The van der Waals surface area contributed by atoms with Crippen LogP contribution in [-0.2, 0) is 45.9 Å². The Morgan fingerprint density at radius 1 is 0.338 bits per heavy atom. The molecule has 0 saturated carbocycles. The fourth-order valence-corrected chi connectivity index (χ4v) is 10.9. The fourth-order valence-electron chi connectivity index (χ4n) is 9.44. The molecule has 4 rings (SSSR count). The SMILES string of the molecule is CCCCCCCCCc1ccc2cccc(S(=O)(=O)[O-])c2c1CCCCCCCCC.CCCCCCCCCc1ccc2cccc(S(=O)(=O)[O-])c2c1CCCCCCCCC.[Ca+2]. The van der Waals surface area contributed by atoms with Crippen molar-refractivity contribution in [3.8, 4) is 0 Å². The number of hydrogen-bond acceptors (Lipinski definition) is 6. The number of benzene rings is 4. The molecule has 0 aromatic heterocycles. The van der Waals surface area contributed by atoms with Gasteiger partial charge in [0.1, 0.15) is 20.2 Å². The van der Waals surface area contributed by atoms with E-state index < -0.39 is 20.2 Å². The summed E-state index contributed by atoms with van der Waals surface area (Å²) in [5.41, 5.74) is 4.65. The van der Waals surface area contributed by atoms with Crippen molar-refractivity contribution in [2.24, 2.45) is 0 Å². The van der Waals surface area contributed by atoms with Gasteiger partial charge in [0.05, 0.1) is 9.79 Å². The first-order valence-electron chi connectivity index (χ1n) is 26.0. The van der Waals surface area contributed by atoms with Gasteiger partial charge in [-0.2, -0.15) is 0 Å². The predicted octanol–water partition coefficient (Wildman–Crippen LogP) is 16.3. The minimum Gasteiger partial charge on any atom is -0.744 e. The number of rotatable bonds is 34. The zero-order valence-electron chi connectivity index (χ0n) is 41.4. The Labute approximate surface area is 427 Å². The second kappa shape index (κ2) is 34.7. The first kappa shape index (κ1) is 59.6. The van der Waals surface area contributed by atoms with Gasteiger partial charge in [0.2, 0.25) is 0 Å². The van der Waals surface area contributed by atoms with E-state index in [0.29, 0.717) is 10.8 Å². The standard InChI is InChI=1S/2C28H44O3S.Ca/c2*1-3-5-7-9-11-13-15-18-24-22-23-25-19-17-21-27(32(29,30)31)28(25)26(24)20-16-14-12-10-8-6-4-2;/h2*17,19,21-23H,3-16,18,20H2,1-2H3,(H,29,30,31);/q;;+2/p-2. The van der Waals surface area contributed by atoms with Crippen LogP contribution in [0.25, 0.3) is 21.5 Å². The molecule has 65 heavy (non-hydrogen) atoms. The Hall–Kier alpha value is -1.52. The van der Waals surface area contributed by atoms with Crippen LogP contribution in [0, 0.1) is 0 Å². The molecule has 0 heterocycles. The summed E-state index contributed by atoms with van der Waals surface area (Å²) < 4.78 is 72.1. The third-order valence-corrected chi connectivity index (χ3v) is 14.9. The quantitative estimate of drug-likeness (QED) is 0.0262. The van der Waals surface area contributed by atoms with Crippen LogP contribution >= 0.6 is 0 Å². The van der Waals surface area contributed by atoms with Crippen LogP contribution in [-0.4, -0.2) is 63.7 Å². The van der Waals surface area contributed by atoms with E-state index in [1.807, 2.05) is 24.3 Å². The molecular weight excluding hydrogens is 873 g/mol. The van der Waals surface area contributed by atoms with Gasteiger partial charge in [-0.3, -0.25) is 0 Å². The van der Waals surface area contributed by atoms with Crippen molar-refractivity contribution in [2.75, 3.05) is 0 Å². The van der Waals surface area contributed by atoms with Gasteiger partial charge in [0.15, 0.2) is 0 Å². The summed E-state index contributed by atoms with van der Waals surface area (Å²) in [6, 6.07) is 18.5. The molecule has 0 aliphatic heterocycles. The summed E-state index contributed by atoms with van der Waals surface area (Å²) in [5.74, 6) is 0. The average molecular weight is 960 g/mol. The summed E-state index contributed by atoms with van der Waals surface area (Å²) in [6.07, 6.45) is 38.3. The molecule has 0 N–H and O–H groups in total. The topological polar surface area (TPSA) is 114 Å². The molecule has 0 atom stereocenters. The van der Waals surface area contributed by atoms with Gasteiger partial charge >= 0.3 is 37.7 Å². The van der Waals surface area contributed by atoms with Gasteiger partial charge in [-0.1, -0.05) is 230 Å². The molecule has 6 nitrogen and oxygen atoms in total. The number of unbranched alkanes of at least 4 members (excludes halogenated alkanes) is 24. The van der Waals surface area contributed by atoms with E-state index in [-0.39, 0.29) is 47.5 Å². The van der Waals surface area contributed by atoms with Crippen molar-refractivity contribution in [1.29, 1.82) is 0 Å². The van der Waals surface area contributed by atoms with Gasteiger partial charge in [-0.05, 0) is 96.5 Å². The maximum absolute atomic E-state index is 12.0. The Morgan fingerprint density at radius 2 is 0.600 bits per heavy atom. The Bertz CT molecular complexity index is 1960. The molecule has 0 fully saturated rings. The molecule has 0 bridgehead atoms. The van der Waals surface area contributed by atoms with Gasteiger partial charge in [0.25, 0.3) is 0 Å². The van der Waals surface area contributed by atoms with Gasteiger partial charge in [-0.15, -0.1) is 0 Å². The molecule has 4 aromatic carbocycles. The summed E-state index contributed by atoms with van der Waals surface area (Å²) >= 11 is 0. The monoisotopic (exact) mass is 959 g/mol. The van der Waals surface area contributed by atoms with Crippen molar-refractivity contribution in [2.45, 2.75) is 243 Å². The predicted molar refractivity (Wildman–Crippen MR) is 276 cm³/mol. The van der Waals surface area contributed by atoms with Crippen molar-refractivity contribution >= 4 is 79.5 Å². The van der Waals surface area contributed by atoms with E-state index in [1.54, 1.807) is 12.1 Å². The first-order valence-corrected chi connectivity index (χ1v) is 28.8. The van der Waals surface area contributed by atoms with Crippen LogP contribution in [0.15, 0.2) is 70.5 Å². The molecule has 0 unspecified atom stereocenters. The fraction of sp³-hybridized carbons (Fsp3) is 0.643.